The molecule has 0 unspecified atom stereocenters. The first-order valence-corrected chi connectivity index (χ1v) is 4.91. The number of hydrogen-bond donors (Lipinski definition) is 0. The monoisotopic (exact) mass is 200 g/mol. The van der Waals surface area contributed by atoms with Crippen LogP contribution in [0.25, 0.3) is 5.57 Å². The zero-order valence-corrected chi connectivity index (χ0v) is 8.66. The van der Waals surface area contributed by atoms with Crippen molar-refractivity contribution in [2.75, 3.05) is 7.11 Å². The predicted octanol–water partition coefficient (Wildman–Crippen LogP) is 2.06. The highest BCUT2D eigenvalue weighted by molar-refractivity contribution is 5.61. The number of rotatable bonds is 2. The van der Waals surface area contributed by atoms with Crippen molar-refractivity contribution < 1.29 is 4.74 Å². The molecule has 1 aliphatic carbocycles. The fourth-order valence-electron chi connectivity index (χ4n) is 1.42. The summed E-state index contributed by atoms with van der Waals surface area (Å²) in [6, 6.07) is 0. The molecule has 0 saturated heterocycles. The van der Waals surface area contributed by atoms with Crippen LogP contribution in [-0.4, -0.2) is 17.1 Å². The summed E-state index contributed by atoms with van der Waals surface area (Å²) in [6.07, 6.45) is 8.09. The van der Waals surface area contributed by atoms with E-state index in [0.717, 1.165) is 30.7 Å². The van der Waals surface area contributed by atoms with Crippen molar-refractivity contribution in [3.63, 3.8) is 0 Å². The molecule has 0 saturated carbocycles. The number of hydrogen-bond acceptors (Lipinski definition) is 3. The standard InChI is InChI=1S/C12H12N2O/c1-15-11-8-13-12(14-9-11)10-6-4-2-3-5-7-10/h6,8-9H,4-5,7H2,1H3. The Bertz CT molecular complexity index is 423. The SMILES string of the molecule is COc1cnc(C2=CCC#CCC2)nc1. The van der Waals surface area contributed by atoms with Crippen LogP contribution in [0, 0.1) is 11.8 Å². The van der Waals surface area contributed by atoms with Gasteiger partial charge in [0.15, 0.2) is 11.6 Å². The van der Waals surface area contributed by atoms with Crippen LogP contribution in [-0.2, 0) is 0 Å². The van der Waals surface area contributed by atoms with Gasteiger partial charge in [0.05, 0.1) is 19.5 Å². The van der Waals surface area contributed by atoms with Crippen molar-refractivity contribution in [1.82, 2.24) is 9.97 Å². The Kier molecular flexibility index (Phi) is 2.99. The molecule has 0 amide bonds. The van der Waals surface area contributed by atoms with Gasteiger partial charge in [0.1, 0.15) is 0 Å². The van der Waals surface area contributed by atoms with Gasteiger partial charge in [-0.1, -0.05) is 12.0 Å². The molecule has 0 atom stereocenters. The Balaban J connectivity index is 2.19. The van der Waals surface area contributed by atoms with Crippen LogP contribution >= 0.6 is 0 Å². The van der Waals surface area contributed by atoms with Crippen LogP contribution < -0.4 is 4.74 Å². The van der Waals surface area contributed by atoms with Crippen molar-refractivity contribution in [2.45, 2.75) is 19.3 Å². The first-order chi connectivity index (χ1) is 7.40. The maximum absolute atomic E-state index is 5.01. The molecule has 1 aromatic heterocycles. The van der Waals surface area contributed by atoms with Crippen LogP contribution in [0.3, 0.4) is 0 Å². The summed E-state index contributed by atoms with van der Waals surface area (Å²) in [5, 5.41) is 0. The highest BCUT2D eigenvalue weighted by Crippen LogP contribution is 2.19. The average molecular weight is 200 g/mol. The van der Waals surface area contributed by atoms with Crippen LogP contribution in [0.5, 0.6) is 5.75 Å². The van der Waals surface area contributed by atoms with E-state index in [0.29, 0.717) is 5.75 Å². The summed E-state index contributed by atoms with van der Waals surface area (Å²) in [5.41, 5.74) is 1.16. The van der Waals surface area contributed by atoms with Gasteiger partial charge in [-0.25, -0.2) is 9.97 Å². The number of aromatic nitrogens is 2. The second kappa shape index (κ2) is 4.61. The summed E-state index contributed by atoms with van der Waals surface area (Å²) in [7, 11) is 1.61. The lowest BCUT2D eigenvalue weighted by atomic mass is 10.1. The number of allylic oxidation sites excluding steroid dienone is 2. The Labute approximate surface area is 89.2 Å². The number of nitrogens with zero attached hydrogens (tertiary/aromatic N) is 2. The molecule has 0 aliphatic heterocycles. The fraction of sp³-hybridized carbons (Fsp3) is 0.333. The van der Waals surface area contributed by atoms with Crippen molar-refractivity contribution in [3.05, 3.63) is 24.3 Å². The van der Waals surface area contributed by atoms with E-state index in [1.807, 2.05) is 0 Å². The van der Waals surface area contributed by atoms with Gasteiger partial charge in [-0.05, 0) is 12.0 Å². The van der Waals surface area contributed by atoms with E-state index in [1.165, 1.54) is 0 Å². The molecule has 0 N–H and O–H groups in total. The van der Waals surface area contributed by atoms with Crippen LogP contribution in [0.1, 0.15) is 25.1 Å². The smallest absolute Gasteiger partial charge is 0.155 e. The zero-order valence-electron chi connectivity index (χ0n) is 8.66. The quantitative estimate of drug-likeness (QED) is 0.685. The molecule has 2 rings (SSSR count). The number of methoxy groups -OCH3 is 1. The highest BCUT2D eigenvalue weighted by atomic mass is 16.5. The molecule has 3 heteroatoms. The molecular formula is C12H12N2O. The van der Waals surface area contributed by atoms with E-state index in [4.69, 9.17) is 4.74 Å². The molecule has 0 radical (unpaired) electrons. The molecular weight excluding hydrogens is 188 g/mol. The van der Waals surface area contributed by atoms with Crippen molar-refractivity contribution in [1.29, 1.82) is 0 Å². The topological polar surface area (TPSA) is 35.0 Å². The van der Waals surface area contributed by atoms with Crippen LogP contribution in [0.2, 0.25) is 0 Å². The van der Waals surface area contributed by atoms with Crippen molar-refractivity contribution >= 4 is 5.57 Å². The van der Waals surface area contributed by atoms with Crippen molar-refractivity contribution in [2.24, 2.45) is 0 Å². The molecule has 15 heavy (non-hydrogen) atoms. The normalized spacial score (nSPS) is 14.6. The van der Waals surface area contributed by atoms with Gasteiger partial charge in [0.2, 0.25) is 0 Å². The van der Waals surface area contributed by atoms with E-state index in [-0.39, 0.29) is 0 Å². The lowest BCUT2D eigenvalue weighted by Crippen LogP contribution is -1.95. The molecule has 76 valence electrons. The minimum atomic E-state index is 0.684. The van der Waals surface area contributed by atoms with E-state index in [9.17, 15) is 0 Å². The highest BCUT2D eigenvalue weighted by Gasteiger charge is 2.05. The van der Waals surface area contributed by atoms with E-state index < -0.39 is 0 Å². The van der Waals surface area contributed by atoms with Gasteiger partial charge in [-0.2, -0.15) is 0 Å². The summed E-state index contributed by atoms with van der Waals surface area (Å²) in [5.74, 6) is 7.61. The third kappa shape index (κ3) is 2.35. The zero-order chi connectivity index (χ0) is 10.5. The van der Waals surface area contributed by atoms with Crippen LogP contribution in [0.15, 0.2) is 18.5 Å². The van der Waals surface area contributed by atoms with Gasteiger partial charge in [0.25, 0.3) is 0 Å². The average Bonchev–Trinajstić information content (AvgIpc) is 2.58. The maximum Gasteiger partial charge on any atom is 0.155 e. The molecule has 0 bridgehead atoms. The number of ether oxygens (including phenoxy) is 1. The van der Waals surface area contributed by atoms with E-state index in [2.05, 4.69) is 27.9 Å². The van der Waals surface area contributed by atoms with Gasteiger partial charge < -0.3 is 4.74 Å². The maximum atomic E-state index is 5.01. The Morgan fingerprint density at radius 2 is 2.07 bits per heavy atom. The Hall–Kier alpha value is -1.82. The lowest BCUT2D eigenvalue weighted by molar-refractivity contribution is 0.410. The lowest BCUT2D eigenvalue weighted by Gasteiger charge is -2.03. The first kappa shape index (κ1) is 9.72. The molecule has 1 aromatic rings. The molecule has 1 heterocycles. The second-order valence-corrected chi connectivity index (χ2v) is 3.23. The molecule has 3 nitrogen and oxygen atoms in total. The van der Waals surface area contributed by atoms with Crippen LogP contribution in [0.4, 0.5) is 0 Å². The van der Waals surface area contributed by atoms with E-state index in [1.54, 1.807) is 19.5 Å². The summed E-state index contributed by atoms with van der Waals surface area (Å²) in [6.45, 7) is 0. The minimum absolute atomic E-state index is 0.684. The Morgan fingerprint density at radius 3 is 2.80 bits per heavy atom. The first-order valence-electron chi connectivity index (χ1n) is 4.91. The summed E-state index contributed by atoms with van der Waals surface area (Å²) in [4.78, 5) is 8.51. The molecule has 0 aromatic carbocycles. The largest absolute Gasteiger partial charge is 0.494 e. The van der Waals surface area contributed by atoms with Gasteiger partial charge in [-0.15, -0.1) is 5.92 Å². The molecule has 1 aliphatic rings. The van der Waals surface area contributed by atoms with Gasteiger partial charge >= 0.3 is 0 Å². The van der Waals surface area contributed by atoms with E-state index >= 15 is 0 Å². The Morgan fingerprint density at radius 1 is 1.27 bits per heavy atom. The third-order valence-corrected chi connectivity index (χ3v) is 2.25. The third-order valence-electron chi connectivity index (χ3n) is 2.25. The summed E-state index contributed by atoms with van der Waals surface area (Å²) >= 11 is 0. The van der Waals surface area contributed by atoms with Gasteiger partial charge in [0, 0.05) is 12.8 Å². The predicted molar refractivity (Wildman–Crippen MR) is 58.2 cm³/mol. The van der Waals surface area contributed by atoms with Gasteiger partial charge in [-0.3, -0.25) is 0 Å². The van der Waals surface area contributed by atoms with Crippen molar-refractivity contribution in [3.8, 4) is 17.6 Å². The molecule has 0 fully saturated rings. The minimum Gasteiger partial charge on any atom is -0.494 e. The second-order valence-electron chi connectivity index (χ2n) is 3.23. The summed E-state index contributed by atoms with van der Waals surface area (Å²) < 4.78 is 5.01. The molecule has 0 spiro atoms. The fourth-order valence-corrected chi connectivity index (χ4v) is 1.42.